The zero-order chi connectivity index (χ0) is 9.61. The first kappa shape index (κ1) is 11.9. The number of hydrogen-bond donors (Lipinski definition) is 1. The minimum absolute atomic E-state index is 0.187. The monoisotopic (exact) mass is 176 g/mol. The molecule has 0 bridgehead atoms. The Morgan fingerprint density at radius 1 is 1.25 bits per heavy atom. The predicted molar refractivity (Wildman–Crippen MR) is 48.2 cm³/mol. The zero-order valence-electron chi connectivity index (χ0n) is 8.46. The van der Waals surface area contributed by atoms with E-state index >= 15 is 0 Å². The molecule has 3 nitrogen and oxygen atoms in total. The number of hydrogen-bond acceptors (Lipinski definition) is 3. The smallest absolute Gasteiger partial charge is 0.101 e. The van der Waals surface area contributed by atoms with Crippen molar-refractivity contribution < 1.29 is 14.6 Å². The van der Waals surface area contributed by atoms with Crippen LogP contribution in [0.25, 0.3) is 0 Å². The summed E-state index contributed by atoms with van der Waals surface area (Å²) in [6.07, 6.45) is -0.510. The Bertz CT molecular complexity index is 107. The van der Waals surface area contributed by atoms with Crippen LogP contribution in [0, 0.1) is 0 Å². The van der Waals surface area contributed by atoms with Gasteiger partial charge in [-0.1, -0.05) is 0 Å². The summed E-state index contributed by atoms with van der Waals surface area (Å²) >= 11 is 0. The van der Waals surface area contributed by atoms with Gasteiger partial charge in [-0.2, -0.15) is 0 Å². The first-order valence-electron chi connectivity index (χ1n) is 4.35. The molecule has 0 saturated heterocycles. The third kappa shape index (κ3) is 7.98. The van der Waals surface area contributed by atoms with Crippen LogP contribution in [0.1, 0.15) is 27.7 Å². The second-order valence-electron chi connectivity index (χ2n) is 3.74. The van der Waals surface area contributed by atoms with Crippen LogP contribution < -0.4 is 0 Å². The average Bonchev–Trinajstić information content (AvgIpc) is 1.95. The van der Waals surface area contributed by atoms with Gasteiger partial charge in [0.2, 0.25) is 0 Å². The minimum atomic E-state index is -0.510. The van der Waals surface area contributed by atoms with Crippen molar-refractivity contribution in [1.29, 1.82) is 0 Å². The maximum absolute atomic E-state index is 9.29. The predicted octanol–water partition coefficient (Wildman–Crippen LogP) is 1.20. The summed E-state index contributed by atoms with van der Waals surface area (Å²) < 4.78 is 10.4. The van der Waals surface area contributed by atoms with E-state index in [2.05, 4.69) is 0 Å². The molecule has 0 aromatic carbocycles. The van der Waals surface area contributed by atoms with E-state index in [1.165, 1.54) is 0 Å². The van der Waals surface area contributed by atoms with E-state index in [1.54, 1.807) is 0 Å². The van der Waals surface area contributed by atoms with E-state index in [0.717, 1.165) is 0 Å². The third-order valence-corrected chi connectivity index (χ3v) is 1.22. The molecule has 0 fully saturated rings. The molecule has 0 radical (unpaired) electrons. The fourth-order valence-electron chi connectivity index (χ4n) is 0.648. The van der Waals surface area contributed by atoms with Gasteiger partial charge in [-0.05, 0) is 27.7 Å². The Morgan fingerprint density at radius 3 is 2.25 bits per heavy atom. The Hall–Kier alpha value is -0.120. The van der Waals surface area contributed by atoms with Crippen molar-refractivity contribution in [3.63, 3.8) is 0 Å². The normalized spacial score (nSPS) is 14.8. The quantitative estimate of drug-likeness (QED) is 0.684. The standard InChI is InChI=1S/C9H20O3/c1-5-11-6-8(10)7-12-9(2,3)4/h8,10H,5-7H2,1-4H3/t8-/m1/s1. The summed E-state index contributed by atoms with van der Waals surface area (Å²) in [7, 11) is 0. The lowest BCUT2D eigenvalue weighted by molar-refractivity contribution is -0.0702. The van der Waals surface area contributed by atoms with E-state index in [1.807, 2.05) is 27.7 Å². The highest BCUT2D eigenvalue weighted by Gasteiger charge is 2.13. The van der Waals surface area contributed by atoms with E-state index in [9.17, 15) is 5.11 Å². The van der Waals surface area contributed by atoms with Gasteiger partial charge in [-0.3, -0.25) is 0 Å². The van der Waals surface area contributed by atoms with E-state index in [4.69, 9.17) is 9.47 Å². The molecule has 0 aliphatic carbocycles. The SMILES string of the molecule is CCOC[C@@H](O)COC(C)(C)C. The fourth-order valence-corrected chi connectivity index (χ4v) is 0.648. The van der Waals surface area contributed by atoms with Gasteiger partial charge in [-0.25, -0.2) is 0 Å². The first-order chi connectivity index (χ1) is 5.45. The van der Waals surface area contributed by atoms with Gasteiger partial charge in [0, 0.05) is 6.61 Å². The van der Waals surface area contributed by atoms with Gasteiger partial charge in [-0.15, -0.1) is 0 Å². The Labute approximate surface area is 74.7 Å². The molecule has 0 saturated carbocycles. The van der Waals surface area contributed by atoms with Gasteiger partial charge < -0.3 is 14.6 Å². The first-order valence-corrected chi connectivity index (χ1v) is 4.35. The lowest BCUT2D eigenvalue weighted by Gasteiger charge is -2.21. The van der Waals surface area contributed by atoms with Gasteiger partial charge in [0.05, 0.1) is 18.8 Å². The van der Waals surface area contributed by atoms with Gasteiger partial charge in [0.1, 0.15) is 6.10 Å². The van der Waals surface area contributed by atoms with Crippen molar-refractivity contribution in [3.05, 3.63) is 0 Å². The lowest BCUT2D eigenvalue weighted by atomic mass is 10.2. The van der Waals surface area contributed by atoms with E-state index < -0.39 is 6.10 Å². The Kier molecular flexibility index (Phi) is 5.46. The molecule has 3 heteroatoms. The summed E-state index contributed by atoms with van der Waals surface area (Å²) in [5.41, 5.74) is -0.187. The van der Waals surface area contributed by atoms with Crippen molar-refractivity contribution >= 4 is 0 Å². The second-order valence-corrected chi connectivity index (χ2v) is 3.74. The minimum Gasteiger partial charge on any atom is -0.388 e. The summed E-state index contributed by atoms with van der Waals surface area (Å²) in [4.78, 5) is 0. The molecule has 0 unspecified atom stereocenters. The molecule has 12 heavy (non-hydrogen) atoms. The van der Waals surface area contributed by atoms with Crippen molar-refractivity contribution in [1.82, 2.24) is 0 Å². The largest absolute Gasteiger partial charge is 0.388 e. The summed E-state index contributed by atoms with van der Waals surface area (Å²) in [5, 5.41) is 9.29. The highest BCUT2D eigenvalue weighted by Crippen LogP contribution is 2.06. The Balaban J connectivity index is 3.37. The summed E-state index contributed by atoms with van der Waals surface area (Å²) in [6, 6.07) is 0. The molecule has 0 rings (SSSR count). The molecule has 0 aliphatic heterocycles. The molecule has 0 heterocycles. The molecular weight excluding hydrogens is 156 g/mol. The van der Waals surface area contributed by atoms with Gasteiger partial charge >= 0.3 is 0 Å². The van der Waals surface area contributed by atoms with Crippen molar-refractivity contribution in [3.8, 4) is 0 Å². The maximum atomic E-state index is 9.29. The van der Waals surface area contributed by atoms with Crippen LogP contribution in [-0.4, -0.2) is 36.6 Å². The van der Waals surface area contributed by atoms with E-state index in [-0.39, 0.29) is 5.60 Å². The van der Waals surface area contributed by atoms with Gasteiger partial charge in [0.25, 0.3) is 0 Å². The van der Waals surface area contributed by atoms with Crippen molar-refractivity contribution in [2.24, 2.45) is 0 Å². The average molecular weight is 176 g/mol. The van der Waals surface area contributed by atoms with Crippen LogP contribution in [-0.2, 0) is 9.47 Å². The van der Waals surface area contributed by atoms with Crippen LogP contribution in [0.5, 0.6) is 0 Å². The summed E-state index contributed by atoms with van der Waals surface area (Å²) in [6.45, 7) is 9.10. The number of aliphatic hydroxyl groups excluding tert-OH is 1. The number of rotatable bonds is 5. The van der Waals surface area contributed by atoms with Crippen LogP contribution in [0.2, 0.25) is 0 Å². The van der Waals surface area contributed by atoms with Crippen LogP contribution in [0.3, 0.4) is 0 Å². The van der Waals surface area contributed by atoms with Crippen molar-refractivity contribution in [2.45, 2.75) is 39.4 Å². The van der Waals surface area contributed by atoms with Crippen LogP contribution >= 0.6 is 0 Å². The number of aliphatic hydroxyl groups is 1. The Morgan fingerprint density at radius 2 is 1.83 bits per heavy atom. The fraction of sp³-hybridized carbons (Fsp3) is 1.00. The zero-order valence-corrected chi connectivity index (χ0v) is 8.46. The van der Waals surface area contributed by atoms with Crippen molar-refractivity contribution in [2.75, 3.05) is 19.8 Å². The van der Waals surface area contributed by atoms with Crippen LogP contribution in [0.4, 0.5) is 0 Å². The molecule has 0 spiro atoms. The molecule has 0 aromatic rings. The molecule has 0 amide bonds. The summed E-state index contributed by atoms with van der Waals surface area (Å²) in [5.74, 6) is 0. The highest BCUT2D eigenvalue weighted by atomic mass is 16.5. The molecular formula is C9H20O3. The lowest BCUT2D eigenvalue weighted by Crippen LogP contribution is -2.28. The number of ether oxygens (including phenoxy) is 2. The van der Waals surface area contributed by atoms with Crippen LogP contribution in [0.15, 0.2) is 0 Å². The molecule has 0 aliphatic rings. The highest BCUT2D eigenvalue weighted by molar-refractivity contribution is 4.61. The van der Waals surface area contributed by atoms with E-state index in [0.29, 0.717) is 19.8 Å². The molecule has 1 N–H and O–H groups in total. The second kappa shape index (κ2) is 5.51. The third-order valence-electron chi connectivity index (χ3n) is 1.22. The molecule has 0 aromatic heterocycles. The molecule has 1 atom stereocenters. The van der Waals surface area contributed by atoms with Gasteiger partial charge in [0.15, 0.2) is 0 Å². The maximum Gasteiger partial charge on any atom is 0.101 e. The topological polar surface area (TPSA) is 38.7 Å². The molecule has 74 valence electrons.